The van der Waals surface area contributed by atoms with Crippen LogP contribution in [0, 0.1) is 0 Å². The van der Waals surface area contributed by atoms with E-state index in [2.05, 4.69) is 10.2 Å². The van der Waals surface area contributed by atoms with Crippen LogP contribution < -0.4 is 5.73 Å². The number of aromatic amines is 1. The zero-order chi connectivity index (χ0) is 14.2. The molecule has 1 atom stereocenters. The summed E-state index contributed by atoms with van der Waals surface area (Å²) in [5.74, 6) is 0.326. The Morgan fingerprint density at radius 1 is 1.30 bits per heavy atom. The highest BCUT2D eigenvalue weighted by atomic mass is 32.2. The number of nitrogens with one attached hydrogen (secondary N) is 1. The van der Waals surface area contributed by atoms with Crippen molar-refractivity contribution in [3.63, 3.8) is 0 Å². The van der Waals surface area contributed by atoms with Crippen molar-refractivity contribution in [3.05, 3.63) is 42.1 Å². The maximum atomic E-state index is 12.5. The average Bonchev–Trinajstić information content (AvgIpc) is 3.08. The topological polar surface area (TPSA) is 92.1 Å². The van der Waals surface area contributed by atoms with E-state index in [0.29, 0.717) is 13.1 Å². The SMILES string of the molecule is Nc1[nH]ncc1S(=O)(=O)N1CCC(c2ccccc2)C1. The van der Waals surface area contributed by atoms with Gasteiger partial charge in [0.1, 0.15) is 10.7 Å². The van der Waals surface area contributed by atoms with Gasteiger partial charge in [-0.3, -0.25) is 5.10 Å². The molecule has 0 amide bonds. The Hall–Kier alpha value is -1.86. The molecule has 1 fully saturated rings. The maximum absolute atomic E-state index is 12.5. The minimum Gasteiger partial charge on any atom is -0.383 e. The average molecular weight is 292 g/mol. The minimum atomic E-state index is -3.55. The highest BCUT2D eigenvalue weighted by molar-refractivity contribution is 7.89. The summed E-state index contributed by atoms with van der Waals surface area (Å²) in [4.78, 5) is 0.0613. The molecule has 1 aliphatic heterocycles. The molecule has 1 unspecified atom stereocenters. The summed E-state index contributed by atoms with van der Waals surface area (Å²) in [6, 6.07) is 9.97. The summed E-state index contributed by atoms with van der Waals surface area (Å²) in [6.07, 6.45) is 2.08. The first kappa shape index (κ1) is 13.1. The highest BCUT2D eigenvalue weighted by Gasteiger charge is 2.34. The normalized spacial score (nSPS) is 20.3. The van der Waals surface area contributed by atoms with Gasteiger partial charge in [0.15, 0.2) is 0 Å². The number of nitrogen functional groups attached to an aromatic ring is 1. The van der Waals surface area contributed by atoms with Crippen LogP contribution in [0.2, 0.25) is 0 Å². The van der Waals surface area contributed by atoms with Crippen LogP contribution in [-0.4, -0.2) is 36.0 Å². The minimum absolute atomic E-state index is 0.0613. The predicted molar refractivity (Wildman–Crippen MR) is 75.6 cm³/mol. The number of sulfonamides is 1. The Morgan fingerprint density at radius 2 is 2.05 bits per heavy atom. The molecule has 1 aliphatic rings. The lowest BCUT2D eigenvalue weighted by Gasteiger charge is -2.16. The van der Waals surface area contributed by atoms with E-state index in [9.17, 15) is 8.42 Å². The van der Waals surface area contributed by atoms with E-state index in [0.717, 1.165) is 6.42 Å². The first-order chi connectivity index (χ1) is 9.59. The number of aromatic nitrogens is 2. The number of rotatable bonds is 3. The van der Waals surface area contributed by atoms with E-state index in [1.54, 1.807) is 0 Å². The lowest BCUT2D eigenvalue weighted by atomic mass is 9.99. The van der Waals surface area contributed by atoms with Crippen molar-refractivity contribution >= 4 is 15.8 Å². The largest absolute Gasteiger partial charge is 0.383 e. The number of hydrogen-bond donors (Lipinski definition) is 2. The van der Waals surface area contributed by atoms with Crippen molar-refractivity contribution in [1.82, 2.24) is 14.5 Å². The molecule has 0 radical (unpaired) electrons. The molecule has 3 N–H and O–H groups in total. The Morgan fingerprint density at radius 3 is 2.70 bits per heavy atom. The van der Waals surface area contributed by atoms with Crippen LogP contribution in [0.3, 0.4) is 0 Å². The second kappa shape index (κ2) is 4.92. The summed E-state index contributed by atoms with van der Waals surface area (Å²) in [5.41, 5.74) is 6.79. The third kappa shape index (κ3) is 2.19. The summed E-state index contributed by atoms with van der Waals surface area (Å²) >= 11 is 0. The second-order valence-electron chi connectivity index (χ2n) is 4.91. The van der Waals surface area contributed by atoms with Crippen LogP contribution in [-0.2, 0) is 10.0 Å². The fourth-order valence-corrected chi connectivity index (χ4v) is 4.08. The number of benzene rings is 1. The number of nitrogens with two attached hydrogens (primary N) is 1. The number of hydrogen-bond acceptors (Lipinski definition) is 4. The van der Waals surface area contributed by atoms with Gasteiger partial charge >= 0.3 is 0 Å². The summed E-state index contributed by atoms with van der Waals surface area (Å²) in [7, 11) is -3.55. The van der Waals surface area contributed by atoms with E-state index >= 15 is 0 Å². The monoisotopic (exact) mass is 292 g/mol. The zero-order valence-corrected chi connectivity index (χ0v) is 11.7. The van der Waals surface area contributed by atoms with E-state index in [1.165, 1.54) is 16.1 Å². The van der Waals surface area contributed by atoms with Gasteiger partial charge in [-0.1, -0.05) is 30.3 Å². The number of nitrogens with zero attached hydrogens (tertiary/aromatic N) is 2. The lowest BCUT2D eigenvalue weighted by Crippen LogP contribution is -2.29. The molecule has 20 heavy (non-hydrogen) atoms. The summed E-state index contributed by atoms with van der Waals surface area (Å²) in [5, 5.41) is 6.14. The molecule has 2 heterocycles. The molecule has 0 aliphatic carbocycles. The van der Waals surface area contributed by atoms with Crippen molar-refractivity contribution < 1.29 is 8.42 Å². The molecular weight excluding hydrogens is 276 g/mol. The van der Waals surface area contributed by atoms with Gasteiger partial charge in [0.25, 0.3) is 0 Å². The molecule has 106 valence electrons. The maximum Gasteiger partial charge on any atom is 0.248 e. The van der Waals surface area contributed by atoms with Crippen LogP contribution in [0.25, 0.3) is 0 Å². The quantitative estimate of drug-likeness (QED) is 0.888. The number of H-pyrrole nitrogens is 1. The third-order valence-electron chi connectivity index (χ3n) is 3.67. The molecule has 0 bridgehead atoms. The van der Waals surface area contributed by atoms with Crippen LogP contribution >= 0.6 is 0 Å². The molecule has 1 aromatic heterocycles. The molecule has 6 nitrogen and oxygen atoms in total. The van der Waals surface area contributed by atoms with Crippen LogP contribution in [0.4, 0.5) is 5.82 Å². The smallest absolute Gasteiger partial charge is 0.248 e. The van der Waals surface area contributed by atoms with Gasteiger partial charge in [-0.25, -0.2) is 8.42 Å². The molecule has 0 saturated carbocycles. The van der Waals surface area contributed by atoms with Crippen LogP contribution in [0.5, 0.6) is 0 Å². The molecule has 1 aromatic carbocycles. The van der Waals surface area contributed by atoms with Crippen LogP contribution in [0.15, 0.2) is 41.4 Å². The summed E-state index contributed by atoms with van der Waals surface area (Å²) in [6.45, 7) is 0.990. The Balaban J connectivity index is 1.83. The van der Waals surface area contributed by atoms with Gasteiger partial charge in [-0.15, -0.1) is 0 Å². The standard InChI is InChI=1S/C13H16N4O2S/c14-13-12(8-15-16-13)20(18,19)17-7-6-11(9-17)10-4-2-1-3-5-10/h1-5,8,11H,6-7,9H2,(H3,14,15,16). The molecule has 2 aromatic rings. The van der Waals surface area contributed by atoms with E-state index in [4.69, 9.17) is 5.73 Å². The Bertz CT molecular complexity index is 696. The van der Waals surface area contributed by atoms with Gasteiger partial charge in [0.05, 0.1) is 6.20 Å². The van der Waals surface area contributed by atoms with Crippen molar-refractivity contribution in [1.29, 1.82) is 0 Å². The molecule has 0 spiro atoms. The van der Waals surface area contributed by atoms with E-state index < -0.39 is 10.0 Å². The molecule has 7 heteroatoms. The Labute approximate surface area is 117 Å². The van der Waals surface area contributed by atoms with Gasteiger partial charge in [-0.2, -0.15) is 9.40 Å². The summed E-state index contributed by atoms with van der Waals surface area (Å²) < 4.78 is 26.4. The zero-order valence-electron chi connectivity index (χ0n) is 10.9. The lowest BCUT2D eigenvalue weighted by molar-refractivity contribution is 0.473. The van der Waals surface area contributed by atoms with Gasteiger partial charge in [0.2, 0.25) is 10.0 Å². The van der Waals surface area contributed by atoms with Gasteiger partial charge in [0, 0.05) is 13.1 Å². The van der Waals surface area contributed by atoms with Crippen LogP contribution in [0.1, 0.15) is 17.9 Å². The van der Waals surface area contributed by atoms with Crippen molar-refractivity contribution in [2.24, 2.45) is 0 Å². The second-order valence-corrected chi connectivity index (χ2v) is 6.81. The molecule has 1 saturated heterocycles. The van der Waals surface area contributed by atoms with E-state index in [1.807, 2.05) is 30.3 Å². The molecule has 3 rings (SSSR count). The number of anilines is 1. The first-order valence-corrected chi connectivity index (χ1v) is 7.87. The van der Waals surface area contributed by atoms with Crippen molar-refractivity contribution in [3.8, 4) is 0 Å². The fourth-order valence-electron chi connectivity index (χ4n) is 2.57. The molecular formula is C13H16N4O2S. The highest BCUT2D eigenvalue weighted by Crippen LogP contribution is 2.31. The predicted octanol–water partition coefficient (Wildman–Crippen LogP) is 1.17. The van der Waals surface area contributed by atoms with Crippen molar-refractivity contribution in [2.45, 2.75) is 17.2 Å². The Kier molecular flexibility index (Phi) is 3.23. The first-order valence-electron chi connectivity index (χ1n) is 6.43. The third-order valence-corrected chi connectivity index (χ3v) is 5.56. The van der Waals surface area contributed by atoms with E-state index in [-0.39, 0.29) is 16.6 Å². The van der Waals surface area contributed by atoms with Gasteiger partial charge < -0.3 is 5.73 Å². The van der Waals surface area contributed by atoms with Gasteiger partial charge in [-0.05, 0) is 17.9 Å². The fraction of sp³-hybridized carbons (Fsp3) is 0.308. The van der Waals surface area contributed by atoms with Crippen molar-refractivity contribution in [2.75, 3.05) is 18.8 Å².